The Kier molecular flexibility index (Phi) is 12.7. The van der Waals surface area contributed by atoms with Crippen molar-refractivity contribution in [3.63, 3.8) is 0 Å². The van der Waals surface area contributed by atoms with Crippen molar-refractivity contribution < 1.29 is 79.0 Å². The first-order valence-corrected chi connectivity index (χ1v) is 24.5. The highest BCUT2D eigenvalue weighted by Gasteiger charge is 2.81. The van der Waals surface area contributed by atoms with E-state index >= 15 is 0 Å². The molecule has 0 bridgehead atoms. The summed E-state index contributed by atoms with van der Waals surface area (Å²) in [7, 11) is -12.4. The summed E-state index contributed by atoms with van der Waals surface area (Å²) in [6.07, 6.45) is -29.7. The van der Waals surface area contributed by atoms with Gasteiger partial charge in [-0.15, -0.1) is 0 Å². The van der Waals surface area contributed by atoms with E-state index < -0.39 is 91.5 Å². The van der Waals surface area contributed by atoms with E-state index in [1.807, 2.05) is 0 Å². The summed E-state index contributed by atoms with van der Waals surface area (Å²) in [5.41, 5.74) is -7.26. The minimum Gasteiger partial charge on any atom is -0.166 e. The molecule has 1 aliphatic rings. The largest absolute Gasteiger partial charge is 0.583 e. The normalized spacial score (nSPS) is 16.5. The third-order valence-corrected chi connectivity index (χ3v) is 26.5. The number of hydrogen-bond acceptors (Lipinski definition) is 0. The van der Waals surface area contributed by atoms with Crippen LogP contribution in [0.15, 0.2) is 146 Å². The topological polar surface area (TPSA) is 0 Å². The van der Waals surface area contributed by atoms with Gasteiger partial charge in [0.2, 0.25) is 0 Å². The molecule has 0 aromatic heterocycles. The highest BCUT2D eigenvalue weighted by atomic mass is 31.3. The van der Waals surface area contributed by atoms with Gasteiger partial charge in [0.05, 0.1) is 86.3 Å². The van der Waals surface area contributed by atoms with Gasteiger partial charge >= 0.3 is 57.2 Å². The minimum atomic E-state index is -4.96. The summed E-state index contributed by atoms with van der Waals surface area (Å²) in [5, 5.41) is -0.446. The molecule has 0 spiro atoms. The summed E-state index contributed by atoms with van der Waals surface area (Å²) < 4.78 is 254. The zero-order valence-electron chi connectivity index (χ0n) is 32.7. The van der Waals surface area contributed by atoms with Crippen molar-refractivity contribution in [2.75, 3.05) is 0 Å². The Morgan fingerprint density at radius 1 is 0.197 bits per heavy atom. The van der Waals surface area contributed by atoms with Crippen molar-refractivity contribution in [2.45, 2.75) is 37.1 Å². The van der Waals surface area contributed by atoms with Gasteiger partial charge < -0.3 is 0 Å². The lowest BCUT2D eigenvalue weighted by molar-refractivity contribution is -0.138. The van der Waals surface area contributed by atoms with E-state index in [9.17, 15) is 79.0 Å². The van der Waals surface area contributed by atoms with Crippen LogP contribution in [0, 0.1) is 0 Å². The summed E-state index contributed by atoms with van der Waals surface area (Å²) in [6.45, 7) is 4.47. The summed E-state index contributed by atoms with van der Waals surface area (Å²) in [4.78, 5) is 0. The molecule has 339 valence electrons. The first-order chi connectivity index (χ1) is 30.4. The minimum absolute atomic E-state index is 0.0743. The van der Waals surface area contributed by atoms with E-state index in [2.05, 4.69) is 0 Å². The van der Waals surface area contributed by atoms with Gasteiger partial charge in [0, 0.05) is 0 Å². The fourth-order valence-corrected chi connectivity index (χ4v) is 28.0. The maximum absolute atomic E-state index is 14.1. The van der Waals surface area contributed by atoms with Crippen LogP contribution >= 0.6 is 21.1 Å². The number of benzene rings is 6. The monoisotopic (exact) mass is 996 g/mol. The maximum atomic E-state index is 14.1. The van der Waals surface area contributed by atoms with Crippen molar-refractivity contribution in [2.24, 2.45) is 0 Å². The van der Waals surface area contributed by atoms with Crippen LogP contribution in [0.1, 0.15) is 33.4 Å². The Labute approximate surface area is 367 Å². The molecular weight excluding hydrogens is 972 g/mol. The summed E-state index contributed by atoms with van der Waals surface area (Å²) in [6, 6.07) is 19.4. The standard InChI is InChI=1S/C42H24B3F18P3/c46-37(47,48)25-1-13-31(14-2-25)64(32-15-3-26(4-16-32)38(49,50)51)43-65(33-17-5-27(6-18-33)39(52,53)54,34-19-7-28(8-20-34)40(55,56)57)45-66(44-64,35-21-9-29(10-22-35)41(58,59)60)36-23-11-30(12-24-36)42(61,62)63/h1-24H/q+3. The van der Waals surface area contributed by atoms with Crippen LogP contribution in [-0.2, 0) is 37.1 Å². The molecular formula is C42H24B3F18P3+3. The van der Waals surface area contributed by atoms with Gasteiger partial charge in [-0.3, -0.25) is 0 Å². The molecule has 0 N–H and O–H groups in total. The Balaban J connectivity index is 1.68. The molecule has 7 rings (SSSR count). The van der Waals surface area contributed by atoms with Gasteiger partial charge in [-0.1, -0.05) is 0 Å². The van der Waals surface area contributed by atoms with E-state index in [1.165, 1.54) is 20.2 Å². The van der Waals surface area contributed by atoms with E-state index in [-0.39, 0.29) is 31.8 Å². The second-order valence-corrected chi connectivity index (χ2v) is 25.5. The van der Waals surface area contributed by atoms with Crippen molar-refractivity contribution in [1.29, 1.82) is 0 Å². The van der Waals surface area contributed by atoms with Crippen LogP contribution in [0.2, 0.25) is 0 Å². The van der Waals surface area contributed by atoms with Crippen molar-refractivity contribution in [3.05, 3.63) is 179 Å². The van der Waals surface area contributed by atoms with Gasteiger partial charge in [-0.25, -0.2) is 0 Å². The van der Waals surface area contributed by atoms with E-state index in [4.69, 9.17) is 0 Å². The van der Waals surface area contributed by atoms with Crippen LogP contribution in [0.4, 0.5) is 79.0 Å². The molecule has 1 fully saturated rings. The quantitative estimate of drug-likeness (QED) is 0.0886. The Bertz CT molecular complexity index is 2170. The lowest BCUT2D eigenvalue weighted by Crippen LogP contribution is -2.49. The lowest BCUT2D eigenvalue weighted by atomic mass is 10.2. The van der Waals surface area contributed by atoms with Crippen LogP contribution in [0.3, 0.4) is 0 Å². The maximum Gasteiger partial charge on any atom is 0.583 e. The first kappa shape index (κ1) is 49.4. The van der Waals surface area contributed by atoms with Crippen molar-refractivity contribution in [3.8, 4) is 0 Å². The lowest BCUT2D eigenvalue weighted by Gasteiger charge is -2.39. The van der Waals surface area contributed by atoms with E-state index in [0.717, 1.165) is 72.8 Å². The Morgan fingerprint density at radius 2 is 0.303 bits per heavy atom. The number of alkyl halides is 18. The molecule has 0 unspecified atom stereocenters. The average molecular weight is 996 g/mol. The van der Waals surface area contributed by atoms with Crippen LogP contribution < -0.4 is 31.8 Å². The molecule has 0 aliphatic carbocycles. The molecule has 0 nitrogen and oxygen atoms in total. The fraction of sp³-hybridized carbons (Fsp3) is 0.143. The molecule has 0 amide bonds. The predicted molar refractivity (Wildman–Crippen MR) is 224 cm³/mol. The molecule has 6 aromatic carbocycles. The average Bonchev–Trinajstić information content (AvgIpc) is 3.24. The molecule has 66 heavy (non-hydrogen) atoms. The Hall–Kier alpha value is -4.46. The summed E-state index contributed by atoms with van der Waals surface area (Å²) >= 11 is 0. The third kappa shape index (κ3) is 9.63. The highest BCUT2D eigenvalue weighted by molar-refractivity contribution is 8.73. The SMILES string of the molecule is FC(F)(F)c1ccc([P+]2(c3ccc(C(F)(F)F)cc3)[B][P+](c3ccc(C(F)(F)F)cc3)(c3ccc(C(F)(F)F)cc3)[B][P+](c3ccc(C(F)(F)F)cc3)(c3ccc(C(F)(F)F)cc3)[B]2)cc1. The molecule has 24 heteroatoms. The summed E-state index contributed by atoms with van der Waals surface area (Å²) in [5.74, 6) is 0. The van der Waals surface area contributed by atoms with Crippen molar-refractivity contribution >= 4 is 73.0 Å². The van der Waals surface area contributed by atoms with Gasteiger partial charge in [0.1, 0.15) is 0 Å². The first-order valence-electron chi connectivity index (χ1n) is 18.7. The van der Waals surface area contributed by atoms with Gasteiger partial charge in [0.15, 0.2) is 0 Å². The van der Waals surface area contributed by atoms with E-state index in [1.54, 1.807) is 0 Å². The second kappa shape index (κ2) is 16.9. The molecule has 1 heterocycles. The van der Waals surface area contributed by atoms with Gasteiger partial charge in [-0.05, 0) is 146 Å². The zero-order valence-corrected chi connectivity index (χ0v) is 35.4. The van der Waals surface area contributed by atoms with E-state index in [0.29, 0.717) is 72.8 Å². The number of rotatable bonds is 6. The van der Waals surface area contributed by atoms with Gasteiger partial charge in [-0.2, -0.15) is 79.0 Å². The molecule has 1 aliphatic heterocycles. The molecule has 0 saturated carbocycles. The molecule has 0 atom stereocenters. The van der Waals surface area contributed by atoms with Crippen LogP contribution in [-0.4, -0.2) is 20.2 Å². The Morgan fingerprint density at radius 3 is 0.394 bits per heavy atom. The van der Waals surface area contributed by atoms with Gasteiger partial charge in [0.25, 0.3) is 0 Å². The fourth-order valence-electron chi connectivity index (χ4n) is 7.58. The number of halogens is 18. The molecule has 1 saturated heterocycles. The predicted octanol–water partition coefficient (Wildman–Crippen LogP) is 12.7. The third-order valence-electron chi connectivity index (χ3n) is 10.8. The van der Waals surface area contributed by atoms with Crippen molar-refractivity contribution in [1.82, 2.24) is 0 Å². The zero-order chi connectivity index (χ0) is 48.5. The highest BCUT2D eigenvalue weighted by Crippen LogP contribution is 2.84. The van der Waals surface area contributed by atoms with Crippen LogP contribution in [0.25, 0.3) is 0 Å². The number of hydrogen-bond donors (Lipinski definition) is 0. The molecule has 6 aromatic rings. The second-order valence-electron chi connectivity index (χ2n) is 14.9. The smallest absolute Gasteiger partial charge is 0.166 e. The van der Waals surface area contributed by atoms with Crippen LogP contribution in [0.5, 0.6) is 0 Å². The molecule has 3 radical (unpaired) electrons.